The first-order chi connectivity index (χ1) is 13.6. The van der Waals surface area contributed by atoms with Crippen molar-refractivity contribution in [1.82, 2.24) is 5.32 Å². The van der Waals surface area contributed by atoms with Gasteiger partial charge in [0.05, 0.1) is 17.2 Å². The van der Waals surface area contributed by atoms with Crippen LogP contribution in [-0.2, 0) is 14.8 Å². The summed E-state index contributed by atoms with van der Waals surface area (Å²) >= 11 is 3.31. The summed E-state index contributed by atoms with van der Waals surface area (Å²) in [7, 11) is -3.94. The quantitative estimate of drug-likeness (QED) is 0.580. The fourth-order valence-corrected chi connectivity index (χ4v) is 4.21. The van der Waals surface area contributed by atoms with E-state index in [0.29, 0.717) is 18.0 Å². The van der Waals surface area contributed by atoms with Gasteiger partial charge in [0.15, 0.2) is 0 Å². The van der Waals surface area contributed by atoms with Crippen LogP contribution in [0.3, 0.4) is 0 Å². The zero-order chi connectivity index (χ0) is 21.6. The summed E-state index contributed by atoms with van der Waals surface area (Å²) in [6.07, 6.45) is 0. The molecule has 1 unspecified atom stereocenters. The lowest BCUT2D eigenvalue weighted by Gasteiger charge is -2.26. The average molecular weight is 483 g/mol. The lowest BCUT2D eigenvalue weighted by atomic mass is 10.1. The number of anilines is 1. The van der Waals surface area contributed by atoms with Gasteiger partial charge in [-0.2, -0.15) is 0 Å². The molecule has 158 valence electrons. The second kappa shape index (κ2) is 10.1. The molecule has 0 radical (unpaired) electrons. The van der Waals surface area contributed by atoms with Gasteiger partial charge in [-0.1, -0.05) is 29.8 Å². The van der Waals surface area contributed by atoms with Gasteiger partial charge in [0.2, 0.25) is 5.91 Å². The lowest BCUT2D eigenvalue weighted by molar-refractivity contribution is -0.120. The minimum absolute atomic E-state index is 0.0694. The SMILES string of the molecule is CCOc1ccc(N(CC(=O)NC(C)C(C)C)S(=O)(=O)c2ccc(Br)cc2)cc1. The molecule has 0 heterocycles. The van der Waals surface area contributed by atoms with E-state index in [1.807, 2.05) is 27.7 Å². The summed E-state index contributed by atoms with van der Waals surface area (Å²) in [5.41, 5.74) is 0.392. The maximum absolute atomic E-state index is 13.3. The number of hydrogen-bond donors (Lipinski definition) is 1. The summed E-state index contributed by atoms with van der Waals surface area (Å²) in [6, 6.07) is 12.9. The van der Waals surface area contributed by atoms with Gasteiger partial charge in [0, 0.05) is 10.5 Å². The van der Waals surface area contributed by atoms with Gasteiger partial charge < -0.3 is 10.1 Å². The number of carbonyl (C=O) groups excluding carboxylic acids is 1. The number of benzene rings is 2. The molecule has 0 saturated heterocycles. The van der Waals surface area contributed by atoms with Crippen LogP contribution in [0.15, 0.2) is 57.9 Å². The Bertz CT molecular complexity index is 913. The topological polar surface area (TPSA) is 75.7 Å². The van der Waals surface area contributed by atoms with Crippen LogP contribution in [0, 0.1) is 5.92 Å². The highest BCUT2D eigenvalue weighted by Gasteiger charge is 2.28. The molecule has 0 aliphatic carbocycles. The van der Waals surface area contributed by atoms with E-state index in [2.05, 4.69) is 21.2 Å². The molecule has 1 N–H and O–H groups in total. The molecule has 6 nitrogen and oxygen atoms in total. The highest BCUT2D eigenvalue weighted by atomic mass is 79.9. The van der Waals surface area contributed by atoms with Crippen LogP contribution in [-0.4, -0.2) is 33.5 Å². The maximum Gasteiger partial charge on any atom is 0.264 e. The molecule has 29 heavy (non-hydrogen) atoms. The van der Waals surface area contributed by atoms with Crippen molar-refractivity contribution in [2.75, 3.05) is 17.5 Å². The molecule has 2 rings (SSSR count). The van der Waals surface area contributed by atoms with Gasteiger partial charge in [-0.25, -0.2) is 8.42 Å². The van der Waals surface area contributed by atoms with Gasteiger partial charge in [-0.3, -0.25) is 9.10 Å². The third kappa shape index (κ3) is 6.21. The maximum atomic E-state index is 13.3. The number of rotatable bonds is 9. The number of hydrogen-bond acceptors (Lipinski definition) is 4. The van der Waals surface area contributed by atoms with E-state index in [1.54, 1.807) is 36.4 Å². The monoisotopic (exact) mass is 482 g/mol. The molecule has 1 amide bonds. The Morgan fingerprint density at radius 3 is 2.17 bits per heavy atom. The molecule has 0 bridgehead atoms. The number of amides is 1. The zero-order valence-corrected chi connectivity index (χ0v) is 19.5. The fourth-order valence-electron chi connectivity index (χ4n) is 2.52. The predicted molar refractivity (Wildman–Crippen MR) is 119 cm³/mol. The van der Waals surface area contributed by atoms with Crippen molar-refractivity contribution < 1.29 is 17.9 Å². The molecule has 0 spiro atoms. The van der Waals surface area contributed by atoms with Gasteiger partial charge in [0.1, 0.15) is 12.3 Å². The Morgan fingerprint density at radius 2 is 1.66 bits per heavy atom. The number of carbonyl (C=O) groups is 1. The Morgan fingerprint density at radius 1 is 1.07 bits per heavy atom. The number of ether oxygens (including phenoxy) is 1. The van der Waals surface area contributed by atoms with Crippen molar-refractivity contribution >= 4 is 37.5 Å². The number of nitrogens with one attached hydrogen (secondary N) is 1. The Labute approximate surface area is 181 Å². The number of nitrogens with zero attached hydrogens (tertiary/aromatic N) is 1. The van der Waals surface area contributed by atoms with Crippen molar-refractivity contribution in [2.24, 2.45) is 5.92 Å². The normalized spacial score (nSPS) is 12.5. The van der Waals surface area contributed by atoms with Crippen LogP contribution >= 0.6 is 15.9 Å². The highest BCUT2D eigenvalue weighted by Crippen LogP contribution is 2.26. The van der Waals surface area contributed by atoms with Crippen LogP contribution in [0.1, 0.15) is 27.7 Å². The van der Waals surface area contributed by atoms with E-state index in [1.165, 1.54) is 12.1 Å². The largest absolute Gasteiger partial charge is 0.494 e. The van der Waals surface area contributed by atoms with Gasteiger partial charge in [-0.15, -0.1) is 0 Å². The third-order valence-corrected chi connectivity index (χ3v) is 6.83. The van der Waals surface area contributed by atoms with E-state index in [0.717, 1.165) is 8.78 Å². The number of halogens is 1. The van der Waals surface area contributed by atoms with Crippen molar-refractivity contribution in [1.29, 1.82) is 0 Å². The summed E-state index contributed by atoms with van der Waals surface area (Å²) in [4.78, 5) is 12.7. The van der Waals surface area contributed by atoms with Gasteiger partial charge >= 0.3 is 0 Å². The van der Waals surface area contributed by atoms with E-state index >= 15 is 0 Å². The molecule has 2 aromatic rings. The highest BCUT2D eigenvalue weighted by molar-refractivity contribution is 9.10. The van der Waals surface area contributed by atoms with Crippen molar-refractivity contribution in [3.05, 3.63) is 53.0 Å². The zero-order valence-electron chi connectivity index (χ0n) is 17.1. The molecule has 2 aromatic carbocycles. The second-order valence-corrected chi connectivity index (χ2v) is 9.77. The molecule has 0 aliphatic heterocycles. The standard InChI is InChI=1S/C21H27BrN2O4S/c1-5-28-19-10-8-18(9-11-19)24(14-21(25)23-16(4)15(2)3)29(26,27)20-12-6-17(22)7-13-20/h6-13,15-16H,5,14H2,1-4H3,(H,23,25). The molecule has 0 fully saturated rings. The molecule has 0 aromatic heterocycles. The molecular weight excluding hydrogens is 456 g/mol. The fraction of sp³-hybridized carbons (Fsp3) is 0.381. The van der Waals surface area contributed by atoms with Crippen molar-refractivity contribution in [3.8, 4) is 5.75 Å². The minimum Gasteiger partial charge on any atom is -0.494 e. The van der Waals surface area contributed by atoms with Crippen LogP contribution in [0.4, 0.5) is 5.69 Å². The second-order valence-electron chi connectivity index (χ2n) is 6.99. The van der Waals surface area contributed by atoms with E-state index < -0.39 is 10.0 Å². The van der Waals surface area contributed by atoms with E-state index in [4.69, 9.17) is 4.74 Å². The van der Waals surface area contributed by atoms with Crippen LogP contribution in [0.5, 0.6) is 5.75 Å². The summed E-state index contributed by atoms with van der Waals surface area (Å²) in [5.74, 6) is 0.511. The molecule has 8 heteroatoms. The predicted octanol–water partition coefficient (Wildman–Crippen LogP) is 4.20. The van der Waals surface area contributed by atoms with Crippen LogP contribution in [0.25, 0.3) is 0 Å². The van der Waals surface area contributed by atoms with Gasteiger partial charge in [-0.05, 0) is 68.3 Å². The van der Waals surface area contributed by atoms with E-state index in [-0.39, 0.29) is 29.3 Å². The Kier molecular flexibility index (Phi) is 8.10. The van der Waals surface area contributed by atoms with Crippen molar-refractivity contribution in [2.45, 2.75) is 38.6 Å². The molecule has 0 saturated carbocycles. The van der Waals surface area contributed by atoms with Crippen LogP contribution in [0.2, 0.25) is 0 Å². The lowest BCUT2D eigenvalue weighted by Crippen LogP contribution is -2.45. The van der Waals surface area contributed by atoms with Gasteiger partial charge in [0.25, 0.3) is 10.0 Å². The minimum atomic E-state index is -3.94. The Balaban J connectivity index is 2.39. The third-order valence-electron chi connectivity index (χ3n) is 4.51. The molecular formula is C21H27BrN2O4S. The Hall–Kier alpha value is -2.06. The van der Waals surface area contributed by atoms with Crippen LogP contribution < -0.4 is 14.4 Å². The first kappa shape index (κ1) is 23.2. The average Bonchev–Trinajstić information content (AvgIpc) is 2.67. The van der Waals surface area contributed by atoms with Crippen molar-refractivity contribution in [3.63, 3.8) is 0 Å². The first-order valence-corrected chi connectivity index (χ1v) is 11.7. The number of sulfonamides is 1. The van der Waals surface area contributed by atoms with E-state index in [9.17, 15) is 13.2 Å². The smallest absolute Gasteiger partial charge is 0.264 e. The summed E-state index contributed by atoms with van der Waals surface area (Å²) < 4.78 is 33.9. The molecule has 1 atom stereocenters. The molecule has 0 aliphatic rings. The first-order valence-electron chi connectivity index (χ1n) is 9.45. The summed E-state index contributed by atoms with van der Waals surface area (Å²) in [5, 5.41) is 2.87. The summed E-state index contributed by atoms with van der Waals surface area (Å²) in [6.45, 7) is 7.95.